The molecule has 2 rings (SSSR count). The molecule has 1 aliphatic rings. The zero-order chi connectivity index (χ0) is 14.4. The lowest BCUT2D eigenvalue weighted by molar-refractivity contribution is -0.141. The molecule has 6 heteroatoms. The minimum Gasteiger partial charge on any atom is -0.365 e. The van der Waals surface area contributed by atoms with Crippen LogP contribution in [0.25, 0.3) is 0 Å². The summed E-state index contributed by atoms with van der Waals surface area (Å²) in [4.78, 5) is 20.8. The number of nitrogens with zero attached hydrogens (tertiary/aromatic N) is 3. The van der Waals surface area contributed by atoms with Crippen LogP contribution in [0, 0.1) is 0 Å². The zero-order valence-electron chi connectivity index (χ0n) is 11.8. The van der Waals surface area contributed by atoms with E-state index in [4.69, 9.17) is 4.74 Å². The van der Waals surface area contributed by atoms with Gasteiger partial charge in [-0.15, -0.1) is 17.9 Å². The van der Waals surface area contributed by atoms with E-state index in [-0.39, 0.29) is 5.91 Å². The van der Waals surface area contributed by atoms with Gasteiger partial charge in [0.1, 0.15) is 6.10 Å². The van der Waals surface area contributed by atoms with Gasteiger partial charge in [-0.2, -0.15) is 0 Å². The van der Waals surface area contributed by atoms with Crippen LogP contribution in [0.2, 0.25) is 0 Å². The summed E-state index contributed by atoms with van der Waals surface area (Å²) >= 11 is 1.64. The normalized spacial score (nSPS) is 17.6. The van der Waals surface area contributed by atoms with E-state index in [9.17, 15) is 4.79 Å². The monoisotopic (exact) mass is 295 g/mol. The number of hydrogen-bond donors (Lipinski definition) is 0. The fraction of sp³-hybridized carbons (Fsp3) is 0.571. The molecule has 2 heterocycles. The van der Waals surface area contributed by atoms with Crippen LogP contribution < -0.4 is 4.90 Å². The highest BCUT2D eigenvalue weighted by molar-refractivity contribution is 7.13. The molecule has 20 heavy (non-hydrogen) atoms. The first kappa shape index (κ1) is 15.0. The lowest BCUT2D eigenvalue weighted by Gasteiger charge is -2.24. The number of carbonyl (C=O) groups is 1. The fourth-order valence-corrected chi connectivity index (χ4v) is 2.94. The van der Waals surface area contributed by atoms with E-state index in [1.807, 2.05) is 16.5 Å². The molecule has 1 atom stereocenters. The quantitative estimate of drug-likeness (QED) is 0.777. The fourth-order valence-electron chi connectivity index (χ4n) is 2.24. The van der Waals surface area contributed by atoms with Crippen LogP contribution in [0.5, 0.6) is 0 Å². The maximum Gasteiger partial charge on any atom is 0.251 e. The van der Waals surface area contributed by atoms with E-state index in [1.54, 1.807) is 24.3 Å². The van der Waals surface area contributed by atoms with Gasteiger partial charge in [-0.3, -0.25) is 4.79 Å². The van der Waals surface area contributed by atoms with Crippen molar-refractivity contribution in [3.63, 3.8) is 0 Å². The van der Waals surface area contributed by atoms with Crippen LogP contribution in [0.4, 0.5) is 5.13 Å². The molecule has 0 N–H and O–H groups in total. The van der Waals surface area contributed by atoms with Crippen LogP contribution >= 0.6 is 11.3 Å². The summed E-state index contributed by atoms with van der Waals surface area (Å²) in [5.74, 6) is 0.0628. The van der Waals surface area contributed by atoms with E-state index in [2.05, 4.69) is 16.5 Å². The summed E-state index contributed by atoms with van der Waals surface area (Å²) in [6, 6.07) is 0. The molecule has 1 amide bonds. The van der Waals surface area contributed by atoms with Gasteiger partial charge < -0.3 is 14.5 Å². The summed E-state index contributed by atoms with van der Waals surface area (Å²) in [6.45, 7) is 9.08. The van der Waals surface area contributed by atoms with Gasteiger partial charge in [-0.05, 0) is 13.3 Å². The van der Waals surface area contributed by atoms with Crippen molar-refractivity contribution in [1.29, 1.82) is 0 Å². The Labute approximate surface area is 123 Å². The third-order valence-electron chi connectivity index (χ3n) is 3.31. The number of anilines is 1. The molecule has 0 saturated carbocycles. The van der Waals surface area contributed by atoms with E-state index < -0.39 is 6.10 Å². The van der Waals surface area contributed by atoms with E-state index in [0.717, 1.165) is 37.7 Å². The Hall–Kier alpha value is -1.40. The smallest absolute Gasteiger partial charge is 0.251 e. The molecule has 5 nitrogen and oxygen atoms in total. The van der Waals surface area contributed by atoms with Gasteiger partial charge in [0.25, 0.3) is 5.91 Å². The molecule has 0 spiro atoms. The molecule has 1 aliphatic heterocycles. The number of aromatic nitrogens is 1. The van der Waals surface area contributed by atoms with Gasteiger partial charge >= 0.3 is 0 Å². The molecule has 1 aromatic rings. The lowest BCUT2D eigenvalue weighted by Crippen LogP contribution is -2.41. The minimum atomic E-state index is -0.403. The largest absolute Gasteiger partial charge is 0.365 e. The second-order valence-corrected chi connectivity index (χ2v) is 5.62. The highest BCUT2D eigenvalue weighted by Gasteiger charge is 2.24. The average molecular weight is 295 g/mol. The first-order valence-electron chi connectivity index (χ1n) is 6.88. The van der Waals surface area contributed by atoms with E-state index in [0.29, 0.717) is 6.61 Å². The number of hydrogen-bond acceptors (Lipinski definition) is 5. The van der Waals surface area contributed by atoms with Crippen LogP contribution in [-0.2, 0) is 9.53 Å². The highest BCUT2D eigenvalue weighted by atomic mass is 32.1. The molecule has 0 unspecified atom stereocenters. The van der Waals surface area contributed by atoms with Crippen molar-refractivity contribution < 1.29 is 9.53 Å². The Morgan fingerprint density at radius 1 is 1.55 bits per heavy atom. The maximum atomic E-state index is 12.3. The van der Waals surface area contributed by atoms with Crippen LogP contribution in [-0.4, -0.2) is 54.7 Å². The van der Waals surface area contributed by atoms with Gasteiger partial charge in [0.2, 0.25) is 0 Å². The van der Waals surface area contributed by atoms with E-state index in [1.165, 1.54) is 0 Å². The van der Waals surface area contributed by atoms with Gasteiger partial charge in [-0.25, -0.2) is 4.98 Å². The molecule has 0 aromatic carbocycles. The number of thiazole rings is 1. The number of carbonyl (C=O) groups excluding carboxylic acids is 1. The predicted molar refractivity (Wildman–Crippen MR) is 81.1 cm³/mol. The Balaban J connectivity index is 1.89. The lowest BCUT2D eigenvalue weighted by atomic mass is 10.3. The third-order valence-corrected chi connectivity index (χ3v) is 4.14. The summed E-state index contributed by atoms with van der Waals surface area (Å²) in [5, 5.41) is 3.02. The second-order valence-electron chi connectivity index (χ2n) is 4.74. The van der Waals surface area contributed by atoms with Crippen LogP contribution in [0.15, 0.2) is 24.2 Å². The predicted octanol–water partition coefficient (Wildman–Crippen LogP) is 1.77. The third kappa shape index (κ3) is 3.80. The zero-order valence-corrected chi connectivity index (χ0v) is 12.6. The highest BCUT2D eigenvalue weighted by Crippen LogP contribution is 2.19. The number of ether oxygens (including phenoxy) is 1. The maximum absolute atomic E-state index is 12.3. The van der Waals surface area contributed by atoms with Gasteiger partial charge in [-0.1, -0.05) is 6.08 Å². The minimum absolute atomic E-state index is 0.0628. The molecular formula is C14H21N3O2S. The first-order valence-corrected chi connectivity index (χ1v) is 7.76. The number of rotatable bonds is 5. The van der Waals surface area contributed by atoms with Crippen molar-refractivity contribution in [1.82, 2.24) is 9.88 Å². The Morgan fingerprint density at radius 2 is 2.40 bits per heavy atom. The number of amides is 1. The summed E-state index contributed by atoms with van der Waals surface area (Å²) < 4.78 is 5.41. The van der Waals surface area contributed by atoms with Crippen molar-refractivity contribution in [2.45, 2.75) is 19.4 Å². The Bertz CT molecular complexity index is 436. The molecule has 0 radical (unpaired) electrons. The van der Waals surface area contributed by atoms with Gasteiger partial charge in [0.15, 0.2) is 5.13 Å². The molecule has 1 fully saturated rings. The van der Waals surface area contributed by atoms with Crippen LogP contribution in [0.1, 0.15) is 13.3 Å². The standard InChI is InChI=1S/C14H21N3O2S/c1-3-10-19-12(2)13(18)16-6-4-7-17(9-8-16)14-15-5-11-20-14/h3,5,11-12H,1,4,6-10H2,2H3/t12-/m0/s1. The van der Waals surface area contributed by atoms with Crippen LogP contribution in [0.3, 0.4) is 0 Å². The molecule has 0 aliphatic carbocycles. The van der Waals surface area contributed by atoms with Crippen molar-refractivity contribution >= 4 is 22.4 Å². The Kier molecular flexibility index (Phi) is 5.55. The summed E-state index contributed by atoms with van der Waals surface area (Å²) in [5.41, 5.74) is 0. The van der Waals surface area contributed by atoms with Crippen molar-refractivity contribution in [2.24, 2.45) is 0 Å². The molecule has 1 saturated heterocycles. The summed E-state index contributed by atoms with van der Waals surface area (Å²) in [6.07, 6.45) is 4.04. The van der Waals surface area contributed by atoms with Gasteiger partial charge in [0.05, 0.1) is 6.61 Å². The first-order chi connectivity index (χ1) is 9.72. The van der Waals surface area contributed by atoms with Crippen molar-refractivity contribution in [3.8, 4) is 0 Å². The molecule has 0 bridgehead atoms. The molecule has 1 aromatic heterocycles. The van der Waals surface area contributed by atoms with Crippen molar-refractivity contribution in [3.05, 3.63) is 24.2 Å². The van der Waals surface area contributed by atoms with Crippen molar-refractivity contribution in [2.75, 3.05) is 37.7 Å². The van der Waals surface area contributed by atoms with E-state index >= 15 is 0 Å². The average Bonchev–Trinajstić information content (AvgIpc) is 2.88. The topological polar surface area (TPSA) is 45.7 Å². The summed E-state index contributed by atoms with van der Waals surface area (Å²) in [7, 11) is 0. The molecule has 110 valence electrons. The van der Waals surface area contributed by atoms with Gasteiger partial charge in [0, 0.05) is 37.8 Å². The Morgan fingerprint density at radius 3 is 3.10 bits per heavy atom. The molecular weight excluding hydrogens is 274 g/mol. The SMILES string of the molecule is C=CCO[C@@H](C)C(=O)N1CCCN(c2nccs2)CC1. The second kappa shape index (κ2) is 7.40.